The van der Waals surface area contributed by atoms with E-state index in [2.05, 4.69) is 27.1 Å². The van der Waals surface area contributed by atoms with E-state index in [4.69, 9.17) is 11.6 Å². The molecule has 0 amide bonds. The van der Waals surface area contributed by atoms with Crippen LogP contribution in [0.2, 0.25) is 5.28 Å². The van der Waals surface area contributed by atoms with Gasteiger partial charge in [-0.1, -0.05) is 0 Å². The lowest BCUT2D eigenvalue weighted by atomic mass is 10.2. The van der Waals surface area contributed by atoms with Gasteiger partial charge in [-0.2, -0.15) is 0 Å². The Bertz CT molecular complexity index is 331. The van der Waals surface area contributed by atoms with Gasteiger partial charge in [0, 0.05) is 38.4 Å². The first-order valence-corrected chi connectivity index (χ1v) is 5.55. The van der Waals surface area contributed by atoms with Gasteiger partial charge in [0.25, 0.3) is 0 Å². The molecule has 1 aliphatic rings. The zero-order chi connectivity index (χ0) is 10.7. The summed E-state index contributed by atoms with van der Waals surface area (Å²) in [5.41, 5.74) is 0.990. The molecule has 0 aromatic carbocycles. The Morgan fingerprint density at radius 1 is 1.67 bits per heavy atom. The first-order chi connectivity index (χ1) is 7.24. The van der Waals surface area contributed by atoms with Crippen LogP contribution in [0.25, 0.3) is 0 Å². The van der Waals surface area contributed by atoms with E-state index in [1.54, 1.807) is 6.20 Å². The van der Waals surface area contributed by atoms with E-state index in [-0.39, 0.29) is 0 Å². The Balaban J connectivity index is 1.96. The van der Waals surface area contributed by atoms with Crippen LogP contribution in [-0.4, -0.2) is 40.5 Å². The van der Waals surface area contributed by atoms with Gasteiger partial charge in [0.2, 0.25) is 5.28 Å². The van der Waals surface area contributed by atoms with E-state index in [9.17, 15) is 0 Å². The van der Waals surface area contributed by atoms with Crippen molar-refractivity contribution in [2.24, 2.45) is 0 Å². The van der Waals surface area contributed by atoms with E-state index < -0.39 is 0 Å². The van der Waals surface area contributed by atoms with E-state index in [0.717, 1.165) is 31.9 Å². The number of rotatable bonds is 2. The lowest BCUT2D eigenvalue weighted by Gasteiger charge is -2.31. The lowest BCUT2D eigenvalue weighted by Crippen LogP contribution is -2.48. The number of hydrogen-bond acceptors (Lipinski definition) is 4. The summed E-state index contributed by atoms with van der Waals surface area (Å²) in [7, 11) is 0. The molecule has 1 atom stereocenters. The first-order valence-electron chi connectivity index (χ1n) is 5.17. The van der Waals surface area contributed by atoms with Crippen molar-refractivity contribution in [3.8, 4) is 0 Å². The second-order valence-electron chi connectivity index (χ2n) is 3.91. The predicted octanol–water partition coefficient (Wildman–Crippen LogP) is 0.924. The zero-order valence-corrected chi connectivity index (χ0v) is 9.54. The van der Waals surface area contributed by atoms with Gasteiger partial charge < -0.3 is 5.32 Å². The smallest absolute Gasteiger partial charge is 0.222 e. The van der Waals surface area contributed by atoms with Gasteiger partial charge in [0.1, 0.15) is 0 Å². The zero-order valence-electron chi connectivity index (χ0n) is 8.78. The quantitative estimate of drug-likeness (QED) is 0.762. The molecule has 0 aliphatic carbocycles. The Morgan fingerprint density at radius 3 is 3.27 bits per heavy atom. The van der Waals surface area contributed by atoms with Crippen LogP contribution in [0.5, 0.6) is 0 Å². The minimum Gasteiger partial charge on any atom is -0.312 e. The van der Waals surface area contributed by atoms with Crippen molar-refractivity contribution in [1.29, 1.82) is 0 Å². The maximum atomic E-state index is 5.74. The van der Waals surface area contributed by atoms with Gasteiger partial charge in [-0.3, -0.25) is 4.90 Å². The maximum Gasteiger partial charge on any atom is 0.222 e. The minimum atomic E-state index is 0.329. The molecule has 1 fully saturated rings. The molecule has 0 saturated carbocycles. The standard InChI is InChI=1S/C10H15ClN4/c1-8-6-15(5-4-12-8)7-9-2-3-13-10(11)14-9/h2-3,8,12H,4-7H2,1H3/t8-/m0/s1. The largest absolute Gasteiger partial charge is 0.312 e. The summed E-state index contributed by atoms with van der Waals surface area (Å²) in [4.78, 5) is 10.4. The van der Waals surface area contributed by atoms with Crippen LogP contribution in [0.1, 0.15) is 12.6 Å². The molecule has 15 heavy (non-hydrogen) atoms. The van der Waals surface area contributed by atoms with Crippen molar-refractivity contribution in [3.05, 3.63) is 23.2 Å². The van der Waals surface area contributed by atoms with E-state index in [0.29, 0.717) is 11.3 Å². The molecular weight excluding hydrogens is 212 g/mol. The molecule has 82 valence electrons. The van der Waals surface area contributed by atoms with Crippen LogP contribution in [0.15, 0.2) is 12.3 Å². The highest BCUT2D eigenvalue weighted by molar-refractivity contribution is 6.28. The Hall–Kier alpha value is -0.710. The van der Waals surface area contributed by atoms with Gasteiger partial charge >= 0.3 is 0 Å². The van der Waals surface area contributed by atoms with Crippen LogP contribution >= 0.6 is 11.6 Å². The number of piperazine rings is 1. The van der Waals surface area contributed by atoms with Crippen LogP contribution in [0.3, 0.4) is 0 Å². The molecule has 0 unspecified atom stereocenters. The second kappa shape index (κ2) is 4.88. The third-order valence-electron chi connectivity index (χ3n) is 2.52. The first kappa shape index (κ1) is 10.8. The predicted molar refractivity (Wildman–Crippen MR) is 59.8 cm³/mol. The Morgan fingerprint density at radius 2 is 2.53 bits per heavy atom. The van der Waals surface area contributed by atoms with Crippen LogP contribution in [0, 0.1) is 0 Å². The molecule has 0 radical (unpaired) electrons. The van der Waals surface area contributed by atoms with Crippen LogP contribution in [0.4, 0.5) is 0 Å². The molecule has 4 nitrogen and oxygen atoms in total. The summed E-state index contributed by atoms with van der Waals surface area (Å²) in [6.07, 6.45) is 1.70. The van der Waals surface area contributed by atoms with Crippen molar-refractivity contribution in [2.75, 3.05) is 19.6 Å². The molecule has 0 spiro atoms. The molecule has 0 bridgehead atoms. The van der Waals surface area contributed by atoms with Gasteiger partial charge in [0.15, 0.2) is 0 Å². The normalized spacial score (nSPS) is 22.9. The van der Waals surface area contributed by atoms with Gasteiger partial charge in [0.05, 0.1) is 5.69 Å². The molecular formula is C10H15ClN4. The maximum absolute atomic E-state index is 5.74. The molecule has 5 heteroatoms. The molecule has 1 N–H and O–H groups in total. The van der Waals surface area contributed by atoms with Crippen LogP contribution in [-0.2, 0) is 6.54 Å². The Labute approximate surface area is 94.7 Å². The SMILES string of the molecule is C[C@H]1CN(Cc2ccnc(Cl)n2)CCN1. The number of nitrogens with zero attached hydrogens (tertiary/aromatic N) is 3. The number of hydrogen-bond donors (Lipinski definition) is 1. The molecule has 2 heterocycles. The topological polar surface area (TPSA) is 41.1 Å². The fourth-order valence-corrected chi connectivity index (χ4v) is 2.01. The van der Waals surface area contributed by atoms with E-state index >= 15 is 0 Å². The van der Waals surface area contributed by atoms with Crippen molar-refractivity contribution in [3.63, 3.8) is 0 Å². The van der Waals surface area contributed by atoms with Crippen LogP contribution < -0.4 is 5.32 Å². The summed E-state index contributed by atoms with van der Waals surface area (Å²) < 4.78 is 0. The van der Waals surface area contributed by atoms with Gasteiger partial charge in [-0.15, -0.1) is 0 Å². The van der Waals surface area contributed by atoms with Crippen molar-refractivity contribution >= 4 is 11.6 Å². The molecule has 1 aromatic heterocycles. The highest BCUT2D eigenvalue weighted by Crippen LogP contribution is 2.07. The van der Waals surface area contributed by atoms with Gasteiger partial charge in [-0.05, 0) is 24.6 Å². The average molecular weight is 227 g/mol. The highest BCUT2D eigenvalue weighted by atomic mass is 35.5. The summed E-state index contributed by atoms with van der Waals surface area (Å²) in [6.45, 7) is 6.21. The molecule has 1 aliphatic heterocycles. The fourth-order valence-electron chi connectivity index (χ4n) is 1.84. The minimum absolute atomic E-state index is 0.329. The monoisotopic (exact) mass is 226 g/mol. The Kier molecular flexibility index (Phi) is 3.51. The number of aromatic nitrogens is 2. The second-order valence-corrected chi connectivity index (χ2v) is 4.25. The highest BCUT2D eigenvalue weighted by Gasteiger charge is 2.15. The lowest BCUT2D eigenvalue weighted by molar-refractivity contribution is 0.197. The number of nitrogens with one attached hydrogen (secondary N) is 1. The fraction of sp³-hybridized carbons (Fsp3) is 0.600. The van der Waals surface area contributed by atoms with Gasteiger partial charge in [-0.25, -0.2) is 9.97 Å². The van der Waals surface area contributed by atoms with Crippen molar-refractivity contribution < 1.29 is 0 Å². The summed E-state index contributed by atoms with van der Waals surface area (Å²) in [6, 6.07) is 2.47. The average Bonchev–Trinajstić information content (AvgIpc) is 2.17. The molecule has 1 saturated heterocycles. The summed E-state index contributed by atoms with van der Waals surface area (Å²) >= 11 is 5.74. The van der Waals surface area contributed by atoms with E-state index in [1.165, 1.54) is 0 Å². The molecule has 1 aromatic rings. The third kappa shape index (κ3) is 3.12. The van der Waals surface area contributed by atoms with E-state index in [1.807, 2.05) is 6.07 Å². The summed E-state index contributed by atoms with van der Waals surface area (Å²) in [5.74, 6) is 0. The molecule has 2 rings (SSSR count). The van der Waals surface area contributed by atoms with Crippen molar-refractivity contribution in [2.45, 2.75) is 19.5 Å². The summed E-state index contributed by atoms with van der Waals surface area (Å²) in [5, 5.41) is 3.74. The van der Waals surface area contributed by atoms with Crippen molar-refractivity contribution in [1.82, 2.24) is 20.2 Å². The number of halogens is 1. The third-order valence-corrected chi connectivity index (χ3v) is 2.70.